The zero-order valence-corrected chi connectivity index (χ0v) is 19.7. The van der Waals surface area contributed by atoms with Crippen molar-refractivity contribution in [2.45, 2.75) is 18.2 Å². The molecule has 2 amide bonds. The summed E-state index contributed by atoms with van der Waals surface area (Å²) in [7, 11) is -3.84. The average molecular weight is 492 g/mol. The highest BCUT2D eigenvalue weighted by Crippen LogP contribution is 2.25. The number of amides is 2. The third-order valence-corrected chi connectivity index (χ3v) is 6.79. The molecular weight excluding hydrogens is 469 g/mol. The van der Waals surface area contributed by atoms with Gasteiger partial charge in [-0.3, -0.25) is 4.90 Å². The molecule has 0 bridgehead atoms. The highest BCUT2D eigenvalue weighted by molar-refractivity contribution is 7.89. The number of rotatable bonds is 8. The molecular formula is C23H23Cl2N3O3S. The van der Waals surface area contributed by atoms with Crippen LogP contribution in [0.2, 0.25) is 10.0 Å². The molecule has 0 atom stereocenters. The summed E-state index contributed by atoms with van der Waals surface area (Å²) in [5, 5.41) is 3.26. The van der Waals surface area contributed by atoms with Crippen LogP contribution in [0.25, 0.3) is 0 Å². The highest BCUT2D eigenvalue weighted by atomic mass is 35.5. The molecule has 0 radical (unpaired) electrons. The third-order valence-electron chi connectivity index (χ3n) is 4.62. The summed E-state index contributed by atoms with van der Waals surface area (Å²) in [5.74, 6) is 0. The molecule has 0 fully saturated rings. The monoisotopic (exact) mass is 491 g/mol. The van der Waals surface area contributed by atoms with Crippen molar-refractivity contribution in [3.05, 3.63) is 88.4 Å². The Hall–Kier alpha value is -2.58. The van der Waals surface area contributed by atoms with E-state index in [9.17, 15) is 13.2 Å². The molecule has 0 spiro atoms. The Labute approximate surface area is 198 Å². The van der Waals surface area contributed by atoms with Crippen molar-refractivity contribution in [3.63, 3.8) is 0 Å². The van der Waals surface area contributed by atoms with E-state index in [-0.39, 0.29) is 27.5 Å². The molecule has 0 unspecified atom stereocenters. The van der Waals surface area contributed by atoms with E-state index in [0.717, 1.165) is 5.56 Å². The van der Waals surface area contributed by atoms with E-state index >= 15 is 0 Å². The van der Waals surface area contributed by atoms with E-state index in [1.807, 2.05) is 61.5 Å². The van der Waals surface area contributed by atoms with Crippen molar-refractivity contribution < 1.29 is 13.2 Å². The molecule has 0 aliphatic heterocycles. The molecule has 0 saturated carbocycles. The maximum atomic E-state index is 13.0. The van der Waals surface area contributed by atoms with Gasteiger partial charge in [-0.05, 0) is 61.4 Å². The van der Waals surface area contributed by atoms with Gasteiger partial charge in [0.05, 0.1) is 5.02 Å². The number of halogens is 2. The van der Waals surface area contributed by atoms with Crippen molar-refractivity contribution in [2.24, 2.45) is 0 Å². The van der Waals surface area contributed by atoms with Crippen molar-refractivity contribution in [2.75, 3.05) is 23.3 Å². The summed E-state index contributed by atoms with van der Waals surface area (Å²) < 4.78 is 27.7. The van der Waals surface area contributed by atoms with E-state index < -0.39 is 10.0 Å². The van der Waals surface area contributed by atoms with Gasteiger partial charge in [0.15, 0.2) is 0 Å². The smallest absolute Gasteiger partial charge is 0.308 e. The van der Waals surface area contributed by atoms with Crippen LogP contribution < -0.4 is 14.9 Å². The first-order chi connectivity index (χ1) is 15.3. The maximum Gasteiger partial charge on any atom is 0.326 e. The Morgan fingerprint density at radius 1 is 0.969 bits per heavy atom. The minimum atomic E-state index is -3.84. The number of nitrogens with one attached hydrogen (secondary N) is 2. The number of carbonyl (C=O) groups is 1. The minimum Gasteiger partial charge on any atom is -0.308 e. The number of urea groups is 1. The number of carbonyl (C=O) groups excluding carboxylic acids is 1. The number of nitrogens with zero attached hydrogens (tertiary/aromatic N) is 1. The first-order valence-corrected chi connectivity index (χ1v) is 12.1. The highest BCUT2D eigenvalue weighted by Gasteiger charge is 2.19. The van der Waals surface area contributed by atoms with Gasteiger partial charge in [-0.2, -0.15) is 0 Å². The fourth-order valence-electron chi connectivity index (χ4n) is 3.07. The molecule has 32 heavy (non-hydrogen) atoms. The number of anilines is 2. The van der Waals surface area contributed by atoms with Crippen molar-refractivity contribution in [1.82, 2.24) is 4.72 Å². The largest absolute Gasteiger partial charge is 0.326 e. The van der Waals surface area contributed by atoms with Gasteiger partial charge in [0.25, 0.3) is 0 Å². The van der Waals surface area contributed by atoms with Crippen LogP contribution in [0.15, 0.2) is 77.7 Å². The Morgan fingerprint density at radius 2 is 1.72 bits per heavy atom. The van der Waals surface area contributed by atoms with Gasteiger partial charge in [-0.15, -0.1) is 0 Å². The van der Waals surface area contributed by atoms with Crippen molar-refractivity contribution in [1.29, 1.82) is 0 Å². The van der Waals surface area contributed by atoms with Crippen LogP contribution in [-0.2, 0) is 10.0 Å². The first-order valence-electron chi connectivity index (χ1n) is 9.91. The van der Waals surface area contributed by atoms with E-state index in [4.69, 9.17) is 23.2 Å². The summed E-state index contributed by atoms with van der Waals surface area (Å²) in [5.41, 5.74) is 2.42. The Kier molecular flexibility index (Phi) is 8.15. The van der Waals surface area contributed by atoms with Crippen molar-refractivity contribution in [3.8, 4) is 0 Å². The van der Waals surface area contributed by atoms with Gasteiger partial charge in [-0.1, -0.05) is 53.5 Å². The van der Waals surface area contributed by atoms with E-state index in [1.165, 1.54) is 18.2 Å². The van der Waals surface area contributed by atoms with Crippen molar-refractivity contribution >= 4 is 50.6 Å². The Balaban J connectivity index is 1.67. The number of para-hydroxylation sites is 1. The summed E-state index contributed by atoms with van der Waals surface area (Å²) in [6, 6.07) is 20.7. The number of aryl methyl sites for hydroxylation is 1. The summed E-state index contributed by atoms with van der Waals surface area (Å²) in [6.07, 6.45) is 0.382. The first kappa shape index (κ1) is 24.1. The second-order valence-electron chi connectivity index (χ2n) is 7.11. The van der Waals surface area contributed by atoms with Crippen LogP contribution >= 0.6 is 23.2 Å². The second kappa shape index (κ2) is 10.8. The number of sulfonamides is 1. The SMILES string of the molecule is Cc1cccc(NC(=O)N(CCCNS(=O)(=O)c2cc(Cl)ccc2Cl)c2ccccc2)c1. The Morgan fingerprint density at radius 3 is 2.44 bits per heavy atom. The summed E-state index contributed by atoms with van der Waals surface area (Å²) >= 11 is 11.9. The molecule has 0 aromatic heterocycles. The van der Waals surface area contributed by atoms with Crippen LogP contribution in [0.5, 0.6) is 0 Å². The molecule has 0 saturated heterocycles. The van der Waals surface area contributed by atoms with Gasteiger partial charge in [-0.25, -0.2) is 17.9 Å². The number of hydrogen-bond donors (Lipinski definition) is 2. The standard InChI is InChI=1S/C23H23Cl2N3O3S/c1-17-7-5-8-19(15-17)27-23(29)28(20-9-3-2-4-10-20)14-6-13-26-32(30,31)22-16-18(24)11-12-21(22)25/h2-5,7-12,15-16,26H,6,13-14H2,1H3,(H,27,29). The molecule has 0 aliphatic rings. The number of benzene rings is 3. The second-order valence-corrected chi connectivity index (χ2v) is 9.69. The molecule has 168 valence electrons. The quantitative estimate of drug-likeness (QED) is 0.396. The van der Waals surface area contributed by atoms with Crippen LogP contribution in [0.1, 0.15) is 12.0 Å². The lowest BCUT2D eigenvalue weighted by Gasteiger charge is -2.23. The fraction of sp³-hybridized carbons (Fsp3) is 0.174. The average Bonchev–Trinajstić information content (AvgIpc) is 2.76. The van der Waals surface area contributed by atoms with Crippen LogP contribution in [0.3, 0.4) is 0 Å². The van der Waals surface area contributed by atoms with Crippen LogP contribution in [0, 0.1) is 6.92 Å². The van der Waals surface area contributed by atoms with E-state index in [2.05, 4.69) is 10.0 Å². The molecule has 3 aromatic rings. The predicted octanol–water partition coefficient (Wildman–Crippen LogP) is 5.71. The Bertz CT molecular complexity index is 1190. The van der Waals surface area contributed by atoms with E-state index in [1.54, 1.807) is 4.90 Å². The molecule has 0 heterocycles. The topological polar surface area (TPSA) is 78.5 Å². The lowest BCUT2D eigenvalue weighted by atomic mass is 10.2. The van der Waals surface area contributed by atoms with Crippen LogP contribution in [0.4, 0.5) is 16.2 Å². The predicted molar refractivity (Wildman–Crippen MR) is 130 cm³/mol. The third kappa shape index (κ3) is 6.46. The zero-order valence-electron chi connectivity index (χ0n) is 17.4. The van der Waals surface area contributed by atoms with E-state index in [0.29, 0.717) is 24.3 Å². The van der Waals surface area contributed by atoms with Gasteiger partial charge >= 0.3 is 6.03 Å². The number of hydrogen-bond acceptors (Lipinski definition) is 3. The summed E-state index contributed by atoms with van der Waals surface area (Å²) in [4.78, 5) is 14.5. The normalized spacial score (nSPS) is 11.2. The lowest BCUT2D eigenvalue weighted by Crippen LogP contribution is -2.37. The van der Waals surface area contributed by atoms with Gasteiger partial charge in [0, 0.05) is 29.5 Å². The van der Waals surface area contributed by atoms with Crippen LogP contribution in [-0.4, -0.2) is 27.5 Å². The van der Waals surface area contributed by atoms with Gasteiger partial charge < -0.3 is 5.32 Å². The molecule has 3 aromatic carbocycles. The lowest BCUT2D eigenvalue weighted by molar-refractivity contribution is 0.257. The maximum absolute atomic E-state index is 13.0. The van der Waals surface area contributed by atoms with Gasteiger partial charge in [0.1, 0.15) is 4.90 Å². The molecule has 0 aliphatic carbocycles. The minimum absolute atomic E-state index is 0.0798. The zero-order chi connectivity index (χ0) is 23.1. The van der Waals surface area contributed by atoms with Gasteiger partial charge in [0.2, 0.25) is 10.0 Å². The molecule has 2 N–H and O–H groups in total. The molecule has 6 nitrogen and oxygen atoms in total. The molecule has 3 rings (SSSR count). The fourth-order valence-corrected chi connectivity index (χ4v) is 4.91. The molecule has 9 heteroatoms. The summed E-state index contributed by atoms with van der Waals surface area (Å²) in [6.45, 7) is 2.36.